The van der Waals surface area contributed by atoms with Gasteiger partial charge in [0.05, 0.1) is 18.9 Å². The van der Waals surface area contributed by atoms with Crippen LogP contribution < -0.4 is 10.3 Å². The Morgan fingerprint density at radius 1 is 0.900 bits per heavy atom. The van der Waals surface area contributed by atoms with Crippen molar-refractivity contribution in [3.05, 3.63) is 82.1 Å². The van der Waals surface area contributed by atoms with Crippen LogP contribution in [-0.4, -0.2) is 47.8 Å². The summed E-state index contributed by atoms with van der Waals surface area (Å²) < 4.78 is 13.2. The largest absolute Gasteiger partial charge is 0.466 e. The highest BCUT2D eigenvalue weighted by Crippen LogP contribution is 2.38. The topological polar surface area (TPSA) is 60.8 Å². The van der Waals surface area contributed by atoms with Gasteiger partial charge in [0.25, 0.3) is 5.56 Å². The predicted molar refractivity (Wildman–Crippen MR) is 113 cm³/mol. The molecule has 1 aromatic heterocycles. The second-order valence-corrected chi connectivity index (χ2v) is 7.50. The molecule has 0 N–H and O–H groups in total. The van der Waals surface area contributed by atoms with E-state index in [9.17, 15) is 9.59 Å². The van der Waals surface area contributed by atoms with Crippen LogP contribution >= 0.6 is 0 Å². The average molecular weight is 402 g/mol. The van der Waals surface area contributed by atoms with Gasteiger partial charge in [-0.25, -0.2) is 0 Å². The van der Waals surface area contributed by atoms with Crippen LogP contribution in [0.15, 0.2) is 65.5 Å². The number of hydrogen-bond donors (Lipinski definition) is 0. The molecule has 0 bridgehead atoms. The van der Waals surface area contributed by atoms with Gasteiger partial charge in [-0.05, 0) is 24.6 Å². The third-order valence-corrected chi connectivity index (χ3v) is 5.70. The summed E-state index contributed by atoms with van der Waals surface area (Å²) in [6.07, 6.45) is -0.773. The number of benzene rings is 2. The molecule has 5 rings (SSSR count). The first-order valence-corrected chi connectivity index (χ1v) is 10.1. The van der Waals surface area contributed by atoms with E-state index in [0.717, 1.165) is 22.5 Å². The quantitative estimate of drug-likeness (QED) is 0.674. The summed E-state index contributed by atoms with van der Waals surface area (Å²) in [5, 5.41) is 0. The molecule has 2 aliphatic heterocycles. The lowest BCUT2D eigenvalue weighted by Crippen LogP contribution is -2.48. The number of para-hydroxylation sites is 1. The van der Waals surface area contributed by atoms with Gasteiger partial charge >= 0.3 is 0 Å². The van der Waals surface area contributed by atoms with Crippen molar-refractivity contribution in [3.63, 3.8) is 0 Å². The second-order valence-electron chi connectivity index (χ2n) is 7.50. The van der Waals surface area contributed by atoms with E-state index >= 15 is 0 Å². The predicted octanol–water partition coefficient (Wildman–Crippen LogP) is 3.05. The molecule has 0 saturated carbocycles. The standard InChI is InChI=1S/C24H22N2O4/c1-16-20(17-8-4-2-5-9-17)26(18-10-6-3-7-11-18)23(28)19-21(27)24(30-22(16)19)25-12-14-29-15-13-25/h2-11,24H,12-15H2,1H3. The summed E-state index contributed by atoms with van der Waals surface area (Å²) in [7, 11) is 0. The van der Waals surface area contributed by atoms with Gasteiger partial charge in [0.2, 0.25) is 12.0 Å². The van der Waals surface area contributed by atoms with Gasteiger partial charge < -0.3 is 9.47 Å². The molecular weight excluding hydrogens is 380 g/mol. The monoisotopic (exact) mass is 402 g/mol. The van der Waals surface area contributed by atoms with Gasteiger partial charge in [-0.15, -0.1) is 0 Å². The van der Waals surface area contributed by atoms with Crippen LogP contribution in [0.3, 0.4) is 0 Å². The molecule has 1 fully saturated rings. The molecule has 3 heterocycles. The number of Topliss-reactive ketones (excluding diaryl/α,β-unsaturated/α-hetero) is 1. The van der Waals surface area contributed by atoms with Gasteiger partial charge in [-0.2, -0.15) is 0 Å². The molecule has 2 aromatic carbocycles. The summed E-state index contributed by atoms with van der Waals surface area (Å²) >= 11 is 0. The maximum absolute atomic E-state index is 13.7. The van der Waals surface area contributed by atoms with Gasteiger partial charge in [-0.3, -0.25) is 19.1 Å². The highest BCUT2D eigenvalue weighted by molar-refractivity contribution is 6.05. The van der Waals surface area contributed by atoms with Crippen molar-refractivity contribution in [2.75, 3.05) is 26.3 Å². The maximum Gasteiger partial charge on any atom is 0.270 e. The number of carbonyl (C=O) groups is 1. The van der Waals surface area contributed by atoms with E-state index in [2.05, 4.69) is 0 Å². The van der Waals surface area contributed by atoms with Crippen LogP contribution in [0.25, 0.3) is 16.9 Å². The summed E-state index contributed by atoms with van der Waals surface area (Å²) in [5.41, 5.74) is 2.91. The SMILES string of the molecule is Cc1c2c(c(=O)n(-c3ccccc3)c1-c1ccccc1)C(=O)C(N1CCOCC1)O2. The van der Waals surface area contributed by atoms with E-state index in [1.165, 1.54) is 0 Å². The molecule has 0 radical (unpaired) electrons. The number of ether oxygens (including phenoxy) is 2. The molecule has 152 valence electrons. The number of carbonyl (C=O) groups excluding carboxylic acids is 1. The van der Waals surface area contributed by atoms with Crippen LogP contribution in [0, 0.1) is 6.92 Å². The fourth-order valence-electron chi connectivity index (χ4n) is 4.24. The Kier molecular flexibility index (Phi) is 4.73. The van der Waals surface area contributed by atoms with Crippen LogP contribution in [-0.2, 0) is 4.74 Å². The Hall–Kier alpha value is -3.22. The van der Waals surface area contributed by atoms with Crippen molar-refractivity contribution < 1.29 is 14.3 Å². The van der Waals surface area contributed by atoms with Crippen LogP contribution in [0.1, 0.15) is 15.9 Å². The molecule has 0 amide bonds. The molecule has 6 nitrogen and oxygen atoms in total. The van der Waals surface area contributed by atoms with E-state index in [1.54, 1.807) is 4.57 Å². The minimum absolute atomic E-state index is 0.132. The van der Waals surface area contributed by atoms with Gasteiger partial charge in [-0.1, -0.05) is 48.5 Å². The lowest BCUT2D eigenvalue weighted by Gasteiger charge is -2.30. The number of fused-ring (bicyclic) bond motifs is 1. The zero-order chi connectivity index (χ0) is 20.7. The van der Waals surface area contributed by atoms with Crippen molar-refractivity contribution in [1.29, 1.82) is 0 Å². The van der Waals surface area contributed by atoms with Gasteiger partial charge in [0.1, 0.15) is 11.3 Å². The molecule has 0 aliphatic carbocycles. The Bertz CT molecular complexity index is 1150. The zero-order valence-corrected chi connectivity index (χ0v) is 16.7. The van der Waals surface area contributed by atoms with E-state index < -0.39 is 6.23 Å². The fraction of sp³-hybridized carbons (Fsp3) is 0.250. The molecule has 6 heteroatoms. The number of rotatable bonds is 3. The minimum atomic E-state index is -0.773. The first kappa shape index (κ1) is 18.8. The minimum Gasteiger partial charge on any atom is -0.466 e. The summed E-state index contributed by atoms with van der Waals surface area (Å²) in [6, 6.07) is 19.1. The highest BCUT2D eigenvalue weighted by atomic mass is 16.5. The lowest BCUT2D eigenvalue weighted by molar-refractivity contribution is -0.0275. The lowest BCUT2D eigenvalue weighted by atomic mass is 10.0. The molecule has 2 aliphatic rings. The van der Waals surface area contributed by atoms with E-state index in [-0.39, 0.29) is 16.9 Å². The fourth-order valence-corrected chi connectivity index (χ4v) is 4.24. The second kappa shape index (κ2) is 7.55. The summed E-state index contributed by atoms with van der Waals surface area (Å²) in [5.74, 6) is 0.122. The van der Waals surface area contributed by atoms with E-state index in [0.29, 0.717) is 32.1 Å². The first-order valence-electron chi connectivity index (χ1n) is 10.1. The average Bonchev–Trinajstić information content (AvgIpc) is 3.15. The molecule has 3 aromatic rings. The van der Waals surface area contributed by atoms with E-state index in [4.69, 9.17) is 9.47 Å². The molecule has 1 saturated heterocycles. The van der Waals surface area contributed by atoms with Crippen molar-refractivity contribution in [3.8, 4) is 22.7 Å². The Morgan fingerprint density at radius 2 is 1.53 bits per heavy atom. The van der Waals surface area contributed by atoms with Crippen molar-refractivity contribution >= 4 is 5.78 Å². The third kappa shape index (κ3) is 2.96. The third-order valence-electron chi connectivity index (χ3n) is 5.70. The molecule has 1 unspecified atom stereocenters. The molecule has 30 heavy (non-hydrogen) atoms. The van der Waals surface area contributed by atoms with Crippen LogP contribution in [0.5, 0.6) is 5.75 Å². The highest BCUT2D eigenvalue weighted by Gasteiger charge is 2.42. The number of ketones is 1. The number of aromatic nitrogens is 1. The number of morpholine rings is 1. The maximum atomic E-state index is 13.7. The molecule has 0 spiro atoms. The number of pyridine rings is 1. The summed E-state index contributed by atoms with van der Waals surface area (Å²) in [4.78, 5) is 28.9. The first-order chi connectivity index (χ1) is 14.7. The Morgan fingerprint density at radius 3 is 2.20 bits per heavy atom. The smallest absolute Gasteiger partial charge is 0.270 e. The molecular formula is C24H22N2O4. The van der Waals surface area contributed by atoms with Crippen LogP contribution in [0.4, 0.5) is 0 Å². The number of nitrogens with zero attached hydrogens (tertiary/aromatic N) is 2. The van der Waals surface area contributed by atoms with Crippen molar-refractivity contribution in [1.82, 2.24) is 9.47 Å². The molecule has 1 atom stereocenters. The normalized spacial score (nSPS) is 18.8. The Balaban J connectivity index is 1.74. The van der Waals surface area contributed by atoms with Gasteiger partial charge in [0, 0.05) is 24.3 Å². The van der Waals surface area contributed by atoms with Crippen molar-refractivity contribution in [2.24, 2.45) is 0 Å². The Labute approximate surface area is 174 Å². The number of hydrogen-bond acceptors (Lipinski definition) is 5. The van der Waals surface area contributed by atoms with Gasteiger partial charge in [0.15, 0.2) is 0 Å². The van der Waals surface area contributed by atoms with Crippen LogP contribution in [0.2, 0.25) is 0 Å². The zero-order valence-electron chi connectivity index (χ0n) is 16.7. The summed E-state index contributed by atoms with van der Waals surface area (Å²) in [6.45, 7) is 4.21. The van der Waals surface area contributed by atoms with E-state index in [1.807, 2.05) is 72.5 Å². The van der Waals surface area contributed by atoms with Crippen molar-refractivity contribution in [2.45, 2.75) is 13.2 Å².